The molecule has 3 heterocycles. The molecule has 39 heavy (non-hydrogen) atoms. The molecule has 1 amide bonds. The second kappa shape index (κ2) is 11.3. The molecule has 2 aliphatic rings. The molecule has 0 aliphatic carbocycles. The van der Waals surface area contributed by atoms with E-state index in [2.05, 4.69) is 15.0 Å². The van der Waals surface area contributed by atoms with Crippen LogP contribution in [0.4, 0.5) is 13.2 Å². The molecule has 12 heteroatoms. The molecule has 2 aliphatic heterocycles. The first kappa shape index (κ1) is 27.7. The Hall–Kier alpha value is -2.86. The van der Waals surface area contributed by atoms with E-state index in [0.717, 1.165) is 42.9 Å². The summed E-state index contributed by atoms with van der Waals surface area (Å²) in [7, 11) is 1.81. The molecular weight excluding hydrogens is 551 g/mol. The van der Waals surface area contributed by atoms with Crippen LogP contribution in [-0.2, 0) is 17.5 Å². The fourth-order valence-electron chi connectivity index (χ4n) is 4.86. The van der Waals surface area contributed by atoms with Gasteiger partial charge >= 0.3 is 6.18 Å². The van der Waals surface area contributed by atoms with Crippen LogP contribution in [0.3, 0.4) is 0 Å². The van der Waals surface area contributed by atoms with E-state index in [4.69, 9.17) is 11.6 Å². The van der Waals surface area contributed by atoms with E-state index in [-0.39, 0.29) is 23.0 Å². The average molecular weight is 578 g/mol. The summed E-state index contributed by atoms with van der Waals surface area (Å²) in [6.07, 6.45) is 0.550. The molecule has 0 spiro atoms. The van der Waals surface area contributed by atoms with Crippen molar-refractivity contribution in [3.63, 3.8) is 0 Å². The lowest BCUT2D eigenvalue weighted by Crippen LogP contribution is -2.39. The summed E-state index contributed by atoms with van der Waals surface area (Å²) in [6.45, 7) is 2.90. The van der Waals surface area contributed by atoms with Crippen molar-refractivity contribution in [3.05, 3.63) is 69.2 Å². The molecule has 1 saturated heterocycles. The highest BCUT2D eigenvalue weighted by Gasteiger charge is 2.33. The number of hydrogen-bond donors (Lipinski definition) is 1. The Labute approximate surface area is 232 Å². The average Bonchev–Trinajstić information content (AvgIpc) is 3.61. The number of likely N-dealkylation sites (tertiary alicyclic amines) is 1. The summed E-state index contributed by atoms with van der Waals surface area (Å²) in [5, 5.41) is 16.0. The van der Waals surface area contributed by atoms with Crippen molar-refractivity contribution in [1.29, 1.82) is 0 Å². The molecule has 0 bridgehead atoms. The highest BCUT2D eigenvalue weighted by molar-refractivity contribution is 8.18. The van der Waals surface area contributed by atoms with Crippen molar-refractivity contribution in [2.75, 3.05) is 33.2 Å². The summed E-state index contributed by atoms with van der Waals surface area (Å²) in [5.41, 5.74) is 0.680. The number of amidine groups is 1. The lowest BCUT2D eigenvalue weighted by Gasteiger charge is -2.24. The second-order valence-electron chi connectivity index (χ2n) is 9.77. The van der Waals surface area contributed by atoms with Crippen LogP contribution >= 0.6 is 23.4 Å². The van der Waals surface area contributed by atoms with Crippen molar-refractivity contribution in [2.24, 2.45) is 4.99 Å². The summed E-state index contributed by atoms with van der Waals surface area (Å²) < 4.78 is 42.1. The number of aliphatic imine (C=N–C) groups is 1. The van der Waals surface area contributed by atoms with E-state index < -0.39 is 17.8 Å². The van der Waals surface area contributed by atoms with Gasteiger partial charge in [-0.15, -0.1) is 0 Å². The van der Waals surface area contributed by atoms with Gasteiger partial charge in [-0.25, -0.2) is 0 Å². The van der Waals surface area contributed by atoms with E-state index in [9.17, 15) is 23.1 Å². The molecule has 7 nitrogen and oxygen atoms in total. The zero-order valence-corrected chi connectivity index (χ0v) is 22.7. The standard InChI is InChI=1S/C27H27ClF3N5O2S/c1-34(15-21(37)16-35-8-2-3-9-35)26-33-25(38)24(39-26)11-17-4-7-23-19(10-17)13-32-36(23)14-18-5-6-20(28)12-22(18)27(29,30)31/h4-7,10-13,21,37H,2-3,8-9,14-16H2,1H3/b24-11-. The maximum absolute atomic E-state index is 13.5. The van der Waals surface area contributed by atoms with Crippen LogP contribution in [0, 0.1) is 0 Å². The third-order valence-corrected chi connectivity index (χ3v) is 8.08. The maximum atomic E-state index is 13.5. The third kappa shape index (κ3) is 6.49. The zero-order chi connectivity index (χ0) is 27.7. The van der Waals surface area contributed by atoms with Gasteiger partial charge in [0, 0.05) is 30.5 Å². The van der Waals surface area contributed by atoms with Gasteiger partial charge < -0.3 is 14.9 Å². The number of rotatable bonds is 7. The molecule has 1 aromatic heterocycles. The Morgan fingerprint density at radius 1 is 1.21 bits per heavy atom. The monoisotopic (exact) mass is 577 g/mol. The first-order valence-electron chi connectivity index (χ1n) is 12.5. The van der Waals surface area contributed by atoms with E-state index >= 15 is 0 Å². The van der Waals surface area contributed by atoms with E-state index in [1.165, 1.54) is 28.6 Å². The molecule has 2 aromatic carbocycles. The number of aliphatic hydroxyl groups excluding tert-OH is 1. The van der Waals surface area contributed by atoms with Crippen LogP contribution in [0.1, 0.15) is 29.5 Å². The molecule has 1 unspecified atom stereocenters. The maximum Gasteiger partial charge on any atom is 0.416 e. The number of β-amino-alcohol motifs (C(OH)–C–C–N with tert-alkyl or cyclic N) is 1. The quantitative estimate of drug-likeness (QED) is 0.393. The number of hydrogen-bond acceptors (Lipinski definition) is 6. The lowest BCUT2D eigenvalue weighted by atomic mass is 10.1. The summed E-state index contributed by atoms with van der Waals surface area (Å²) in [5.74, 6) is -0.353. The molecule has 1 atom stereocenters. The summed E-state index contributed by atoms with van der Waals surface area (Å²) >= 11 is 7.05. The van der Waals surface area contributed by atoms with Crippen LogP contribution in [0.25, 0.3) is 17.0 Å². The van der Waals surface area contributed by atoms with Crippen LogP contribution in [-0.4, -0.2) is 75.1 Å². The van der Waals surface area contributed by atoms with Gasteiger partial charge in [0.25, 0.3) is 5.91 Å². The predicted molar refractivity (Wildman–Crippen MR) is 148 cm³/mol. The van der Waals surface area contributed by atoms with Crippen molar-refractivity contribution in [3.8, 4) is 0 Å². The fraction of sp³-hybridized carbons (Fsp3) is 0.370. The van der Waals surface area contributed by atoms with Crippen molar-refractivity contribution in [2.45, 2.75) is 31.7 Å². The van der Waals surface area contributed by atoms with E-state index in [1.807, 2.05) is 6.07 Å². The SMILES string of the molecule is CN(CC(O)CN1CCCC1)C1=NC(=O)/C(=C/c2ccc3c(cnn3Cc3ccc(Cl)cc3C(F)(F)F)c2)S1. The number of fused-ring (bicyclic) bond motifs is 1. The Morgan fingerprint density at radius 3 is 2.72 bits per heavy atom. The molecular formula is C27H27ClF3N5O2S. The van der Waals surface area contributed by atoms with E-state index in [1.54, 1.807) is 36.4 Å². The second-order valence-corrected chi connectivity index (χ2v) is 11.2. The van der Waals surface area contributed by atoms with Gasteiger partial charge in [-0.1, -0.05) is 23.7 Å². The number of aliphatic hydroxyl groups is 1. The third-order valence-electron chi connectivity index (χ3n) is 6.75. The number of alkyl halides is 3. The Balaban J connectivity index is 1.27. The van der Waals surface area contributed by atoms with E-state index in [0.29, 0.717) is 28.7 Å². The van der Waals surface area contributed by atoms with Gasteiger partial charge in [0.1, 0.15) is 0 Å². The Bertz CT molecular complexity index is 1450. The first-order valence-corrected chi connectivity index (χ1v) is 13.7. The van der Waals surface area contributed by atoms with Crippen molar-refractivity contribution >= 4 is 51.4 Å². The number of benzene rings is 2. The Kier molecular flexibility index (Phi) is 8.04. The molecule has 3 aromatic rings. The number of halogens is 4. The van der Waals surface area contributed by atoms with Crippen LogP contribution in [0.15, 0.2) is 52.5 Å². The number of carbonyl (C=O) groups is 1. The van der Waals surface area contributed by atoms with Crippen LogP contribution in [0.5, 0.6) is 0 Å². The fourth-order valence-corrected chi connectivity index (χ4v) is 5.92. The molecule has 1 fully saturated rings. The number of thioether (sulfide) groups is 1. The number of nitrogens with zero attached hydrogens (tertiary/aromatic N) is 5. The smallest absolute Gasteiger partial charge is 0.390 e. The van der Waals surface area contributed by atoms with Gasteiger partial charge in [0.05, 0.1) is 34.8 Å². The molecule has 206 valence electrons. The van der Waals surface area contributed by atoms with Gasteiger partial charge in [-0.3, -0.25) is 9.48 Å². The number of amides is 1. The highest BCUT2D eigenvalue weighted by Crippen LogP contribution is 2.35. The number of likely N-dealkylation sites (N-methyl/N-ethyl adjacent to an activating group) is 1. The van der Waals surface area contributed by atoms with Gasteiger partial charge in [-0.2, -0.15) is 23.3 Å². The lowest BCUT2D eigenvalue weighted by molar-refractivity contribution is -0.138. The van der Waals surface area contributed by atoms with Crippen LogP contribution < -0.4 is 0 Å². The van der Waals surface area contributed by atoms with Crippen molar-refractivity contribution < 1.29 is 23.1 Å². The molecule has 0 saturated carbocycles. The van der Waals surface area contributed by atoms with Gasteiger partial charge in [0.2, 0.25) is 0 Å². The predicted octanol–water partition coefficient (Wildman–Crippen LogP) is 5.12. The first-order chi connectivity index (χ1) is 18.6. The minimum atomic E-state index is -4.53. The topological polar surface area (TPSA) is 74.0 Å². The number of aromatic nitrogens is 2. The minimum Gasteiger partial charge on any atom is -0.390 e. The zero-order valence-electron chi connectivity index (χ0n) is 21.2. The molecule has 5 rings (SSSR count). The largest absolute Gasteiger partial charge is 0.416 e. The normalized spacial score (nSPS) is 18.4. The molecule has 1 N–H and O–H groups in total. The van der Waals surface area contributed by atoms with Crippen molar-refractivity contribution in [1.82, 2.24) is 19.6 Å². The van der Waals surface area contributed by atoms with Gasteiger partial charge in [-0.05, 0) is 79.2 Å². The minimum absolute atomic E-state index is 0.0185. The van der Waals surface area contributed by atoms with Gasteiger partial charge in [0.15, 0.2) is 5.17 Å². The Morgan fingerprint density at radius 2 is 1.97 bits per heavy atom. The number of carbonyl (C=O) groups excluding carboxylic acids is 1. The summed E-state index contributed by atoms with van der Waals surface area (Å²) in [6, 6.07) is 9.10. The highest BCUT2D eigenvalue weighted by atomic mass is 35.5. The summed E-state index contributed by atoms with van der Waals surface area (Å²) in [4.78, 5) is 21.2. The molecule has 0 radical (unpaired) electrons. The van der Waals surface area contributed by atoms with Crippen LogP contribution in [0.2, 0.25) is 5.02 Å².